The first-order valence-corrected chi connectivity index (χ1v) is 9.81. The molecule has 0 saturated carbocycles. The van der Waals surface area contributed by atoms with Gasteiger partial charge in [0.05, 0.1) is 4.92 Å². The van der Waals surface area contributed by atoms with E-state index in [1.54, 1.807) is 18.2 Å². The van der Waals surface area contributed by atoms with Crippen molar-refractivity contribution in [3.63, 3.8) is 0 Å². The van der Waals surface area contributed by atoms with Gasteiger partial charge in [0.1, 0.15) is 5.65 Å². The van der Waals surface area contributed by atoms with Crippen molar-refractivity contribution in [2.24, 2.45) is 0 Å². The number of benzene rings is 1. The van der Waals surface area contributed by atoms with Gasteiger partial charge in [-0.25, -0.2) is 4.98 Å². The Bertz CT molecular complexity index is 1110. The summed E-state index contributed by atoms with van der Waals surface area (Å²) in [5.41, 5.74) is 0.366. The highest BCUT2D eigenvalue weighted by Crippen LogP contribution is 2.29. The molecule has 4 rings (SSSR count). The molecule has 1 aliphatic rings. The summed E-state index contributed by atoms with van der Waals surface area (Å²) in [4.78, 5) is 30.5. The van der Waals surface area contributed by atoms with Crippen molar-refractivity contribution in [3.05, 3.63) is 86.8 Å². The molecular weight excluding hydrogens is 368 g/mol. The zero-order valence-corrected chi connectivity index (χ0v) is 16.0. The minimum atomic E-state index is -0.648. The fourth-order valence-electron chi connectivity index (χ4n) is 3.81. The zero-order valence-electron chi connectivity index (χ0n) is 16.0. The van der Waals surface area contributed by atoms with Crippen LogP contribution in [0.3, 0.4) is 0 Å². The van der Waals surface area contributed by atoms with Crippen molar-refractivity contribution < 1.29 is 4.92 Å². The molecule has 3 aromatic rings. The van der Waals surface area contributed by atoms with Gasteiger partial charge < -0.3 is 4.90 Å². The van der Waals surface area contributed by atoms with Crippen LogP contribution in [0.4, 0.5) is 11.5 Å². The molecule has 1 fully saturated rings. The van der Waals surface area contributed by atoms with Crippen LogP contribution in [0.5, 0.6) is 0 Å². The van der Waals surface area contributed by atoms with Gasteiger partial charge in [-0.3, -0.25) is 19.3 Å². The normalized spacial score (nSPS) is 17.5. The lowest BCUT2D eigenvalue weighted by Crippen LogP contribution is -2.36. The Morgan fingerprint density at radius 1 is 1.07 bits per heavy atom. The van der Waals surface area contributed by atoms with E-state index in [1.165, 1.54) is 10.6 Å². The monoisotopic (exact) mass is 390 g/mol. The number of rotatable bonds is 4. The number of pyridine rings is 1. The number of aromatic nitrogens is 2. The second-order valence-electron chi connectivity index (χ2n) is 7.15. The van der Waals surface area contributed by atoms with Crippen molar-refractivity contribution in [3.8, 4) is 0 Å². The summed E-state index contributed by atoms with van der Waals surface area (Å²) in [5.74, 6) is 0.163. The van der Waals surface area contributed by atoms with E-state index in [-0.39, 0.29) is 11.9 Å². The van der Waals surface area contributed by atoms with Gasteiger partial charge in [-0.05, 0) is 30.5 Å². The molecule has 1 saturated heterocycles. The molecule has 2 aromatic heterocycles. The van der Waals surface area contributed by atoms with Crippen molar-refractivity contribution in [1.82, 2.24) is 9.38 Å². The molecule has 0 radical (unpaired) electrons. The van der Waals surface area contributed by atoms with Gasteiger partial charge in [0.15, 0.2) is 0 Å². The first kappa shape index (κ1) is 18.9. The number of hydrogen-bond donors (Lipinski definition) is 0. The Morgan fingerprint density at radius 2 is 1.86 bits per heavy atom. The summed E-state index contributed by atoms with van der Waals surface area (Å²) < 4.78 is 1.23. The molecule has 0 spiro atoms. The number of nitrogens with zero attached hydrogens (tertiary/aromatic N) is 4. The minimum Gasteiger partial charge on any atom is -0.344 e. The lowest BCUT2D eigenvalue weighted by atomic mass is 10.1. The molecule has 1 aromatic carbocycles. The fourth-order valence-corrected chi connectivity index (χ4v) is 3.81. The Kier molecular flexibility index (Phi) is 5.37. The van der Waals surface area contributed by atoms with Crippen LogP contribution in [-0.4, -0.2) is 26.9 Å². The summed E-state index contributed by atoms with van der Waals surface area (Å²) in [5, 5.41) is 11.8. The highest BCUT2D eigenvalue weighted by molar-refractivity contribution is 5.63. The van der Waals surface area contributed by atoms with Crippen molar-refractivity contribution in [2.75, 3.05) is 11.4 Å². The summed E-state index contributed by atoms with van der Waals surface area (Å²) >= 11 is 0. The fraction of sp³-hybridized carbons (Fsp3) is 0.273. The van der Waals surface area contributed by atoms with Crippen LogP contribution < -0.4 is 10.5 Å². The van der Waals surface area contributed by atoms with Crippen molar-refractivity contribution in [2.45, 2.75) is 31.7 Å². The number of hydrogen-bond acceptors (Lipinski definition) is 5. The summed E-state index contributed by atoms with van der Waals surface area (Å²) in [7, 11) is 0. The molecule has 7 nitrogen and oxygen atoms in total. The number of nitro groups is 1. The van der Waals surface area contributed by atoms with E-state index in [2.05, 4.69) is 11.1 Å². The Balaban J connectivity index is 1.82. The average Bonchev–Trinajstić information content (AvgIpc) is 2.98. The molecule has 1 atom stereocenters. The molecular formula is C22H22N4O3. The molecule has 0 amide bonds. The van der Waals surface area contributed by atoms with Gasteiger partial charge in [0.2, 0.25) is 5.82 Å². The first-order valence-electron chi connectivity index (χ1n) is 9.81. The predicted molar refractivity (Wildman–Crippen MR) is 113 cm³/mol. The topological polar surface area (TPSA) is 80.8 Å². The molecule has 0 bridgehead atoms. The molecule has 3 heterocycles. The van der Waals surface area contributed by atoms with Gasteiger partial charge in [0.25, 0.3) is 0 Å². The highest BCUT2D eigenvalue weighted by Gasteiger charge is 2.31. The van der Waals surface area contributed by atoms with Crippen LogP contribution in [0.15, 0.2) is 65.6 Å². The first-order chi connectivity index (χ1) is 14.1. The molecule has 7 heteroatoms. The quantitative estimate of drug-likeness (QED) is 0.496. The largest absolute Gasteiger partial charge is 0.376 e. The lowest BCUT2D eigenvalue weighted by molar-refractivity contribution is -0.385. The second kappa shape index (κ2) is 8.26. The summed E-state index contributed by atoms with van der Waals surface area (Å²) in [6.07, 6.45) is 9.45. The van der Waals surface area contributed by atoms with E-state index >= 15 is 0 Å². The van der Waals surface area contributed by atoms with Gasteiger partial charge in [-0.1, -0.05) is 61.4 Å². The molecule has 29 heavy (non-hydrogen) atoms. The third kappa shape index (κ3) is 3.89. The van der Waals surface area contributed by atoms with Gasteiger partial charge >= 0.3 is 11.2 Å². The Morgan fingerprint density at radius 3 is 2.66 bits per heavy atom. The minimum absolute atomic E-state index is 0.0607. The van der Waals surface area contributed by atoms with Crippen LogP contribution in [0.2, 0.25) is 0 Å². The summed E-state index contributed by atoms with van der Waals surface area (Å²) in [6.45, 7) is 0.625. The van der Waals surface area contributed by atoms with Gasteiger partial charge in [-0.15, -0.1) is 0 Å². The van der Waals surface area contributed by atoms with E-state index in [0.717, 1.165) is 31.2 Å². The third-order valence-electron chi connectivity index (χ3n) is 5.26. The Hall–Kier alpha value is -3.48. The van der Waals surface area contributed by atoms with E-state index < -0.39 is 16.2 Å². The Labute approximate surface area is 168 Å². The maximum absolute atomic E-state index is 12.8. The molecule has 1 unspecified atom stereocenters. The van der Waals surface area contributed by atoms with Crippen molar-refractivity contribution >= 4 is 23.2 Å². The standard InChI is InChI=1S/C22H22N4O3/c27-22-20(26(28)29)21(23-19-12-6-8-16-25(19)22)24-15-7-2-5-11-18(24)14-13-17-9-3-1-4-10-17/h1,3-4,6,8-10,12-14,16,18H,2,5,7,11,15H2/b14-13+. The number of anilines is 1. The van der Waals surface area contributed by atoms with E-state index in [1.807, 2.05) is 41.3 Å². The van der Waals surface area contributed by atoms with Crippen LogP contribution in [0.1, 0.15) is 31.2 Å². The lowest BCUT2D eigenvalue weighted by Gasteiger charge is -2.28. The van der Waals surface area contributed by atoms with Crippen molar-refractivity contribution in [1.29, 1.82) is 0 Å². The maximum atomic E-state index is 12.8. The molecule has 0 aliphatic carbocycles. The van der Waals surface area contributed by atoms with E-state index in [0.29, 0.717) is 12.2 Å². The van der Waals surface area contributed by atoms with Crippen LogP contribution in [-0.2, 0) is 0 Å². The maximum Gasteiger partial charge on any atom is 0.376 e. The van der Waals surface area contributed by atoms with Crippen LogP contribution in [0, 0.1) is 10.1 Å². The van der Waals surface area contributed by atoms with Gasteiger partial charge in [-0.2, -0.15) is 0 Å². The molecule has 148 valence electrons. The zero-order chi connectivity index (χ0) is 20.2. The SMILES string of the molecule is O=c1c([N+](=O)[O-])c(N2CCCCCC2/C=C/c2ccccc2)nc2ccccn12. The van der Waals surface area contributed by atoms with Crippen LogP contribution in [0.25, 0.3) is 11.7 Å². The average molecular weight is 390 g/mol. The molecule has 1 aliphatic heterocycles. The smallest absolute Gasteiger partial charge is 0.344 e. The predicted octanol–water partition coefficient (Wildman–Crippen LogP) is 4.07. The highest BCUT2D eigenvalue weighted by atomic mass is 16.6. The van der Waals surface area contributed by atoms with E-state index in [4.69, 9.17) is 0 Å². The number of fused-ring (bicyclic) bond motifs is 1. The van der Waals surface area contributed by atoms with Gasteiger partial charge in [0, 0.05) is 18.8 Å². The third-order valence-corrected chi connectivity index (χ3v) is 5.26. The summed E-state index contributed by atoms with van der Waals surface area (Å²) in [6, 6.07) is 15.0. The van der Waals surface area contributed by atoms with E-state index in [9.17, 15) is 14.9 Å². The van der Waals surface area contributed by atoms with Crippen LogP contribution >= 0.6 is 0 Å². The molecule has 0 N–H and O–H groups in total. The second-order valence-corrected chi connectivity index (χ2v) is 7.15.